The Morgan fingerprint density at radius 3 is 3.04 bits per heavy atom. The maximum Gasteiger partial charge on any atom is 0.232 e. The van der Waals surface area contributed by atoms with Crippen LogP contribution in [-0.4, -0.2) is 43.0 Å². The second kappa shape index (κ2) is 8.46. The Labute approximate surface area is 180 Å². The highest BCUT2D eigenvalue weighted by Gasteiger charge is 2.24. The lowest BCUT2D eigenvalue weighted by molar-refractivity contribution is 0.00313. The SMILES string of the molecule is CCOc1nc(Nc2cnn(C3CCOC(C)C3)c2C)nc2c1ccn2SI. The van der Waals surface area contributed by atoms with Gasteiger partial charge >= 0.3 is 0 Å². The number of hydrogen-bond donors (Lipinski definition) is 1. The van der Waals surface area contributed by atoms with Gasteiger partial charge in [0, 0.05) is 43.1 Å². The number of fused-ring (bicyclic) bond motifs is 1. The lowest BCUT2D eigenvalue weighted by Gasteiger charge is -2.28. The van der Waals surface area contributed by atoms with Gasteiger partial charge in [0.05, 0.1) is 41.7 Å². The lowest BCUT2D eigenvalue weighted by Crippen LogP contribution is -2.26. The molecule has 0 radical (unpaired) electrons. The van der Waals surface area contributed by atoms with Gasteiger partial charge in [0.1, 0.15) is 0 Å². The van der Waals surface area contributed by atoms with Crippen LogP contribution < -0.4 is 10.1 Å². The first-order chi connectivity index (χ1) is 13.6. The van der Waals surface area contributed by atoms with Gasteiger partial charge in [0.25, 0.3) is 0 Å². The minimum atomic E-state index is 0.261. The van der Waals surface area contributed by atoms with Gasteiger partial charge in [-0.1, -0.05) is 0 Å². The number of halogens is 1. The monoisotopic (exact) mass is 514 g/mol. The standard InChI is InChI=1S/C18H23IN6O2S/c1-4-26-17-14-5-7-24(28-19)16(14)22-18(23-17)21-15-10-20-25(12(15)3)13-6-8-27-11(2)9-13/h5,7,10-11,13H,4,6,8-9H2,1-3H3,(H,21,22,23). The predicted octanol–water partition coefficient (Wildman–Crippen LogP) is 4.66. The molecule has 28 heavy (non-hydrogen) atoms. The fourth-order valence-electron chi connectivity index (χ4n) is 3.55. The van der Waals surface area contributed by atoms with Gasteiger partial charge in [-0.25, -0.2) is 0 Å². The van der Waals surface area contributed by atoms with Crippen LogP contribution in [0.15, 0.2) is 18.5 Å². The molecule has 150 valence electrons. The van der Waals surface area contributed by atoms with Crippen molar-refractivity contribution in [1.29, 1.82) is 0 Å². The van der Waals surface area contributed by atoms with Crippen molar-refractivity contribution in [3.63, 3.8) is 0 Å². The molecule has 4 heterocycles. The smallest absolute Gasteiger partial charge is 0.232 e. The zero-order valence-electron chi connectivity index (χ0n) is 16.1. The van der Waals surface area contributed by atoms with Crippen LogP contribution in [0.3, 0.4) is 0 Å². The molecule has 1 aliphatic rings. The number of anilines is 2. The van der Waals surface area contributed by atoms with Crippen LogP contribution in [0.1, 0.15) is 38.4 Å². The fraction of sp³-hybridized carbons (Fsp3) is 0.500. The van der Waals surface area contributed by atoms with Crippen LogP contribution in [0.4, 0.5) is 11.6 Å². The third-order valence-corrected chi connectivity index (χ3v) is 6.64. The molecule has 0 aliphatic carbocycles. The summed E-state index contributed by atoms with van der Waals surface area (Å²) in [5.41, 5.74) is 2.80. The molecule has 4 rings (SSSR count). The first-order valence-corrected chi connectivity index (χ1v) is 12.7. The zero-order valence-corrected chi connectivity index (χ0v) is 19.0. The molecule has 0 bridgehead atoms. The summed E-state index contributed by atoms with van der Waals surface area (Å²) in [6.07, 6.45) is 6.02. The summed E-state index contributed by atoms with van der Waals surface area (Å²) in [5.74, 6) is 1.09. The van der Waals surface area contributed by atoms with E-state index in [1.165, 1.54) is 0 Å². The van der Waals surface area contributed by atoms with E-state index in [9.17, 15) is 0 Å². The molecule has 0 spiro atoms. The second-order valence-electron chi connectivity index (χ2n) is 6.81. The van der Waals surface area contributed by atoms with Crippen LogP contribution in [0.5, 0.6) is 5.88 Å². The molecule has 0 aromatic carbocycles. The number of nitrogens with one attached hydrogen (secondary N) is 1. The van der Waals surface area contributed by atoms with Crippen molar-refractivity contribution in [2.75, 3.05) is 18.5 Å². The average molecular weight is 514 g/mol. The van der Waals surface area contributed by atoms with Gasteiger partial charge in [-0.05, 0) is 39.7 Å². The molecule has 1 fully saturated rings. The molecule has 0 amide bonds. The van der Waals surface area contributed by atoms with Crippen molar-refractivity contribution in [2.24, 2.45) is 0 Å². The summed E-state index contributed by atoms with van der Waals surface area (Å²) in [5, 5.41) is 8.85. The van der Waals surface area contributed by atoms with E-state index in [0.29, 0.717) is 24.5 Å². The Morgan fingerprint density at radius 2 is 2.29 bits per heavy atom. The van der Waals surface area contributed by atoms with Crippen molar-refractivity contribution in [2.45, 2.75) is 45.8 Å². The Morgan fingerprint density at radius 1 is 1.43 bits per heavy atom. The van der Waals surface area contributed by atoms with Gasteiger partial charge in [-0.3, -0.25) is 8.65 Å². The van der Waals surface area contributed by atoms with Crippen molar-refractivity contribution < 1.29 is 9.47 Å². The Hall–Kier alpha value is -1.53. The number of ether oxygens (including phenoxy) is 2. The molecule has 8 nitrogen and oxygen atoms in total. The fourth-order valence-corrected chi connectivity index (χ4v) is 4.82. The van der Waals surface area contributed by atoms with Crippen LogP contribution in [0, 0.1) is 6.92 Å². The van der Waals surface area contributed by atoms with E-state index in [0.717, 1.165) is 41.9 Å². The molecule has 1 N–H and O–H groups in total. The molecular formula is C18H23IN6O2S. The van der Waals surface area contributed by atoms with Crippen LogP contribution >= 0.6 is 30.3 Å². The maximum absolute atomic E-state index is 5.75. The van der Waals surface area contributed by atoms with Crippen LogP contribution in [0.2, 0.25) is 0 Å². The Balaban J connectivity index is 1.64. The highest BCUT2D eigenvalue weighted by Crippen LogP contribution is 2.32. The summed E-state index contributed by atoms with van der Waals surface area (Å²) in [6.45, 7) is 7.46. The first-order valence-electron chi connectivity index (χ1n) is 9.34. The molecule has 3 aromatic rings. The van der Waals surface area contributed by atoms with Crippen molar-refractivity contribution in [3.05, 3.63) is 24.2 Å². The first kappa shape index (κ1) is 19.8. The topological polar surface area (TPSA) is 79.0 Å². The zero-order chi connectivity index (χ0) is 19.7. The Kier molecular flexibility index (Phi) is 5.97. The van der Waals surface area contributed by atoms with Gasteiger partial charge in [-0.2, -0.15) is 15.1 Å². The van der Waals surface area contributed by atoms with E-state index >= 15 is 0 Å². The third kappa shape index (κ3) is 3.81. The van der Waals surface area contributed by atoms with Crippen molar-refractivity contribution in [3.8, 4) is 5.88 Å². The van der Waals surface area contributed by atoms with Crippen molar-refractivity contribution >= 4 is 53.0 Å². The largest absolute Gasteiger partial charge is 0.477 e. The lowest BCUT2D eigenvalue weighted by atomic mass is 10.0. The van der Waals surface area contributed by atoms with E-state index in [-0.39, 0.29) is 6.10 Å². The molecule has 1 aliphatic heterocycles. The maximum atomic E-state index is 5.75. The van der Waals surface area contributed by atoms with Gasteiger partial charge in [0.2, 0.25) is 11.8 Å². The van der Waals surface area contributed by atoms with Gasteiger partial charge in [-0.15, -0.1) is 0 Å². The van der Waals surface area contributed by atoms with Gasteiger partial charge < -0.3 is 14.8 Å². The third-order valence-electron chi connectivity index (χ3n) is 4.93. The van der Waals surface area contributed by atoms with Crippen LogP contribution in [0.25, 0.3) is 11.0 Å². The molecule has 2 unspecified atom stereocenters. The summed E-state index contributed by atoms with van der Waals surface area (Å²) in [4.78, 5) is 9.28. The normalized spacial score (nSPS) is 19.9. The summed E-state index contributed by atoms with van der Waals surface area (Å²) < 4.78 is 15.5. The summed E-state index contributed by atoms with van der Waals surface area (Å²) in [6, 6.07) is 2.33. The van der Waals surface area contributed by atoms with E-state index in [1.807, 2.05) is 29.4 Å². The molecule has 2 atom stereocenters. The molecule has 3 aromatic heterocycles. The predicted molar refractivity (Wildman–Crippen MR) is 120 cm³/mol. The number of aromatic nitrogens is 5. The molecule has 10 heteroatoms. The highest BCUT2D eigenvalue weighted by molar-refractivity contribution is 14.2. The molecule has 1 saturated heterocycles. The number of nitrogens with zero attached hydrogens (tertiary/aromatic N) is 5. The minimum absolute atomic E-state index is 0.261. The Bertz CT molecular complexity index is 975. The van der Waals surface area contributed by atoms with E-state index in [2.05, 4.69) is 55.1 Å². The van der Waals surface area contributed by atoms with E-state index in [1.54, 1.807) is 9.12 Å². The number of rotatable bonds is 6. The van der Waals surface area contributed by atoms with Crippen molar-refractivity contribution in [1.82, 2.24) is 23.7 Å². The quantitative estimate of drug-likeness (QED) is 0.480. The summed E-state index contributed by atoms with van der Waals surface area (Å²) in [7, 11) is 1.56. The number of hydrogen-bond acceptors (Lipinski definition) is 7. The minimum Gasteiger partial charge on any atom is -0.477 e. The molecular weight excluding hydrogens is 491 g/mol. The van der Waals surface area contributed by atoms with E-state index < -0.39 is 0 Å². The summed E-state index contributed by atoms with van der Waals surface area (Å²) >= 11 is 2.24. The molecule has 0 saturated carbocycles. The van der Waals surface area contributed by atoms with E-state index in [4.69, 9.17) is 14.5 Å². The average Bonchev–Trinajstić information content (AvgIpc) is 3.26. The highest BCUT2D eigenvalue weighted by atomic mass is 127. The van der Waals surface area contributed by atoms with Crippen LogP contribution in [-0.2, 0) is 4.74 Å². The van der Waals surface area contributed by atoms with Gasteiger partial charge in [0.15, 0.2) is 5.65 Å². The second-order valence-corrected chi connectivity index (χ2v) is 8.52.